The third kappa shape index (κ3) is 6.39. The van der Waals surface area contributed by atoms with Gasteiger partial charge in [-0.15, -0.1) is 0 Å². The predicted molar refractivity (Wildman–Crippen MR) is 111 cm³/mol. The summed E-state index contributed by atoms with van der Waals surface area (Å²) in [6.07, 6.45) is 2.56. The van der Waals surface area contributed by atoms with E-state index >= 15 is 0 Å². The van der Waals surface area contributed by atoms with Crippen molar-refractivity contribution in [3.8, 4) is 0 Å². The lowest BCUT2D eigenvalue weighted by Crippen LogP contribution is -2.48. The van der Waals surface area contributed by atoms with Crippen LogP contribution in [0.1, 0.15) is 74.1 Å². The van der Waals surface area contributed by atoms with Crippen molar-refractivity contribution >= 4 is 0 Å². The topological polar surface area (TPSA) is 6.48 Å². The molecule has 0 N–H and O–H groups in total. The maximum Gasteiger partial charge on any atom is 0.251 e. The molecule has 0 spiro atoms. The lowest BCUT2D eigenvalue weighted by Gasteiger charge is -2.49. The van der Waals surface area contributed by atoms with Crippen LogP contribution in [0.15, 0.2) is 0 Å². The van der Waals surface area contributed by atoms with Gasteiger partial charge in [-0.25, -0.2) is 8.78 Å². The van der Waals surface area contributed by atoms with Crippen LogP contribution >= 0.6 is 0 Å². The Morgan fingerprint density at radius 1 is 0.926 bits per heavy atom. The fraction of sp³-hybridized carbons (Fsp3) is 1.00. The maximum absolute atomic E-state index is 13.0. The van der Waals surface area contributed by atoms with E-state index in [0.29, 0.717) is 17.9 Å². The number of likely N-dealkylation sites (tertiary alicyclic amines) is 2. The van der Waals surface area contributed by atoms with Crippen molar-refractivity contribution in [2.24, 2.45) is 28.6 Å². The normalized spacial score (nSPS) is 27.7. The second-order valence-electron chi connectivity index (χ2n) is 11.3. The van der Waals surface area contributed by atoms with E-state index in [-0.39, 0.29) is 17.4 Å². The van der Waals surface area contributed by atoms with Gasteiger partial charge in [-0.2, -0.15) is 0 Å². The van der Waals surface area contributed by atoms with Crippen molar-refractivity contribution < 1.29 is 8.78 Å². The first-order valence-electron chi connectivity index (χ1n) is 11.1. The number of piperidine rings is 2. The van der Waals surface area contributed by atoms with Crippen molar-refractivity contribution in [2.75, 3.05) is 32.7 Å². The molecule has 2 atom stereocenters. The monoisotopic (exact) mass is 386 g/mol. The predicted octanol–water partition coefficient (Wildman–Crippen LogP) is 5.77. The summed E-state index contributed by atoms with van der Waals surface area (Å²) in [6.45, 7) is 20.5. The van der Waals surface area contributed by atoms with Gasteiger partial charge in [-0.3, -0.25) is 4.90 Å². The lowest BCUT2D eigenvalue weighted by atomic mass is 9.62. The Labute approximate surface area is 167 Å². The van der Waals surface area contributed by atoms with Crippen LogP contribution in [0.25, 0.3) is 0 Å². The Morgan fingerprint density at radius 3 is 2.00 bits per heavy atom. The van der Waals surface area contributed by atoms with Gasteiger partial charge < -0.3 is 4.90 Å². The van der Waals surface area contributed by atoms with Gasteiger partial charge in [0, 0.05) is 12.6 Å². The quantitative estimate of drug-likeness (QED) is 0.571. The number of nitrogens with zero attached hydrogens (tertiary/aromatic N) is 2. The lowest BCUT2D eigenvalue weighted by molar-refractivity contribution is -0.0149. The molecular formula is C23H44F2N2. The average molecular weight is 387 g/mol. The van der Waals surface area contributed by atoms with Gasteiger partial charge in [0.2, 0.25) is 0 Å². The number of rotatable bonds is 6. The first-order chi connectivity index (χ1) is 12.4. The van der Waals surface area contributed by atoms with Crippen LogP contribution in [0.3, 0.4) is 0 Å². The fourth-order valence-electron chi connectivity index (χ4n) is 5.86. The molecular weight excluding hydrogens is 342 g/mol. The smallest absolute Gasteiger partial charge is 0.251 e. The molecule has 2 saturated heterocycles. The average Bonchev–Trinajstić information content (AvgIpc) is 2.53. The Morgan fingerprint density at radius 2 is 1.52 bits per heavy atom. The van der Waals surface area contributed by atoms with E-state index in [1.807, 2.05) is 4.90 Å². The van der Waals surface area contributed by atoms with Crippen molar-refractivity contribution in [3.63, 3.8) is 0 Å². The molecule has 0 aliphatic carbocycles. The molecule has 2 nitrogen and oxygen atoms in total. The van der Waals surface area contributed by atoms with Crippen molar-refractivity contribution in [1.82, 2.24) is 9.80 Å². The van der Waals surface area contributed by atoms with E-state index in [4.69, 9.17) is 0 Å². The number of alkyl halides is 2. The van der Waals surface area contributed by atoms with Crippen LogP contribution < -0.4 is 0 Å². The van der Waals surface area contributed by atoms with Crippen LogP contribution in [0.5, 0.6) is 0 Å². The molecule has 27 heavy (non-hydrogen) atoms. The highest BCUT2D eigenvalue weighted by Gasteiger charge is 2.42. The first-order valence-corrected chi connectivity index (χ1v) is 11.1. The zero-order valence-electron chi connectivity index (χ0n) is 18.9. The van der Waals surface area contributed by atoms with E-state index in [0.717, 1.165) is 25.4 Å². The first kappa shape index (κ1) is 23.1. The highest BCUT2D eigenvalue weighted by molar-refractivity contribution is 4.93. The van der Waals surface area contributed by atoms with Gasteiger partial charge in [0.1, 0.15) is 0 Å². The van der Waals surface area contributed by atoms with Crippen molar-refractivity contribution in [3.05, 3.63) is 0 Å². The summed E-state index contributed by atoms with van der Waals surface area (Å²) in [5, 5.41) is 0. The van der Waals surface area contributed by atoms with Gasteiger partial charge in [0.05, 0.1) is 6.54 Å². The minimum Gasteiger partial charge on any atom is -0.301 e. The third-order valence-electron chi connectivity index (χ3n) is 7.48. The van der Waals surface area contributed by atoms with Crippen molar-refractivity contribution in [2.45, 2.75) is 86.6 Å². The van der Waals surface area contributed by atoms with E-state index in [9.17, 15) is 8.78 Å². The number of hydrogen-bond acceptors (Lipinski definition) is 2. The molecule has 2 unspecified atom stereocenters. The summed E-state index contributed by atoms with van der Waals surface area (Å²) in [6, 6.07) is 0.639. The van der Waals surface area contributed by atoms with Gasteiger partial charge in [0.15, 0.2) is 0 Å². The summed E-state index contributed by atoms with van der Waals surface area (Å²) in [7, 11) is 0. The highest BCUT2D eigenvalue weighted by Crippen LogP contribution is 2.47. The molecule has 0 aromatic rings. The van der Waals surface area contributed by atoms with Crippen molar-refractivity contribution in [1.29, 1.82) is 0 Å². The molecule has 0 radical (unpaired) electrons. The Hall–Kier alpha value is -0.220. The van der Waals surface area contributed by atoms with Crippen LogP contribution in [-0.4, -0.2) is 55.0 Å². The zero-order valence-corrected chi connectivity index (χ0v) is 18.9. The largest absolute Gasteiger partial charge is 0.301 e. The zero-order chi connectivity index (χ0) is 20.4. The fourth-order valence-corrected chi connectivity index (χ4v) is 5.86. The standard InChI is InChI=1S/C23H44F2N2/c1-17(2)27-12-8-19(9-13-27)23(6,7)14-18-15-26(16-21(24)25)11-10-20(18)22(3,4)5/h17-21H,8-16H2,1-7H3. The van der Waals surface area contributed by atoms with E-state index in [1.165, 1.54) is 32.4 Å². The molecule has 0 saturated carbocycles. The summed E-state index contributed by atoms with van der Waals surface area (Å²) in [5.41, 5.74) is 0.531. The molecule has 0 aromatic carbocycles. The van der Waals surface area contributed by atoms with Gasteiger partial charge in [0.25, 0.3) is 6.43 Å². The molecule has 4 heteroatoms. The van der Waals surface area contributed by atoms with Crippen LogP contribution in [0.4, 0.5) is 8.78 Å². The summed E-state index contributed by atoms with van der Waals surface area (Å²) in [5.74, 6) is 1.90. The summed E-state index contributed by atoms with van der Waals surface area (Å²) < 4.78 is 25.9. The minimum atomic E-state index is -2.22. The van der Waals surface area contributed by atoms with E-state index in [2.05, 4.69) is 53.4 Å². The molecule has 2 rings (SSSR count). The second kappa shape index (κ2) is 9.07. The molecule has 2 heterocycles. The van der Waals surface area contributed by atoms with E-state index < -0.39 is 6.43 Å². The SMILES string of the molecule is CC(C)N1CCC(C(C)(C)CC2CN(CC(F)F)CCC2C(C)(C)C)CC1. The third-order valence-corrected chi connectivity index (χ3v) is 7.48. The van der Waals surface area contributed by atoms with Gasteiger partial charge in [-0.05, 0) is 87.7 Å². The molecule has 2 aliphatic rings. The minimum absolute atomic E-state index is 0.0550. The molecule has 0 bridgehead atoms. The van der Waals surface area contributed by atoms with Crippen LogP contribution in [0.2, 0.25) is 0 Å². The molecule has 160 valence electrons. The Kier molecular flexibility index (Phi) is 7.75. The highest BCUT2D eigenvalue weighted by atomic mass is 19.3. The summed E-state index contributed by atoms with van der Waals surface area (Å²) in [4.78, 5) is 4.62. The maximum atomic E-state index is 13.0. The number of hydrogen-bond donors (Lipinski definition) is 0. The Balaban J connectivity index is 2.04. The van der Waals surface area contributed by atoms with Crippen LogP contribution in [-0.2, 0) is 0 Å². The van der Waals surface area contributed by atoms with Gasteiger partial charge in [-0.1, -0.05) is 34.6 Å². The molecule has 2 fully saturated rings. The molecule has 0 amide bonds. The molecule has 2 aliphatic heterocycles. The van der Waals surface area contributed by atoms with Gasteiger partial charge >= 0.3 is 0 Å². The second-order valence-corrected chi connectivity index (χ2v) is 11.3. The Bertz CT molecular complexity index is 448. The van der Waals surface area contributed by atoms with Crippen LogP contribution in [0, 0.1) is 28.6 Å². The number of halogens is 2. The summed E-state index contributed by atoms with van der Waals surface area (Å²) >= 11 is 0. The van der Waals surface area contributed by atoms with E-state index in [1.54, 1.807) is 0 Å². The molecule has 0 aromatic heterocycles.